The monoisotopic (exact) mass is 257 g/mol. The number of carbonyl (C=O) groups excluding carboxylic acids is 1. The number of carbonyl (C=O) groups is 1. The van der Waals surface area contributed by atoms with Crippen LogP contribution in [0.2, 0.25) is 0 Å². The Morgan fingerprint density at radius 2 is 1.89 bits per heavy atom. The van der Waals surface area contributed by atoms with Gasteiger partial charge in [-0.15, -0.1) is 0 Å². The molecule has 0 fully saturated rings. The molecule has 98 valence electrons. The Hall–Kier alpha value is -2.49. The van der Waals surface area contributed by atoms with Crippen molar-refractivity contribution < 1.29 is 14.6 Å². The average molecular weight is 257 g/mol. The molecule has 2 aromatic carbocycles. The van der Waals surface area contributed by atoms with Crippen molar-refractivity contribution in [3.8, 4) is 11.5 Å². The molecule has 0 aromatic heterocycles. The maximum atomic E-state index is 11.0. The Balaban J connectivity index is 2.07. The molecular weight excluding hydrogens is 242 g/mol. The van der Waals surface area contributed by atoms with E-state index in [2.05, 4.69) is 0 Å². The van der Waals surface area contributed by atoms with E-state index in [1.165, 1.54) is 0 Å². The number of hydrogen-bond donors (Lipinski definition) is 2. The highest BCUT2D eigenvalue weighted by Gasteiger charge is 2.05. The summed E-state index contributed by atoms with van der Waals surface area (Å²) in [4.78, 5) is 11.0. The van der Waals surface area contributed by atoms with Crippen LogP contribution in [-0.2, 0) is 6.61 Å². The van der Waals surface area contributed by atoms with E-state index >= 15 is 0 Å². The highest BCUT2D eigenvalue weighted by atomic mass is 16.5. The van der Waals surface area contributed by atoms with Gasteiger partial charge < -0.3 is 15.6 Å². The summed E-state index contributed by atoms with van der Waals surface area (Å²) in [7, 11) is 0. The van der Waals surface area contributed by atoms with Crippen LogP contribution in [0, 0.1) is 6.92 Å². The van der Waals surface area contributed by atoms with Crippen LogP contribution >= 0.6 is 0 Å². The fraction of sp³-hybridized carbons (Fsp3) is 0.133. The second-order valence-corrected chi connectivity index (χ2v) is 4.29. The normalized spacial score (nSPS) is 10.2. The lowest BCUT2D eigenvalue weighted by atomic mass is 10.1. The average Bonchev–Trinajstić information content (AvgIpc) is 2.39. The molecule has 4 nitrogen and oxygen atoms in total. The Labute approximate surface area is 111 Å². The molecule has 0 heterocycles. The van der Waals surface area contributed by atoms with Crippen molar-refractivity contribution in [3.63, 3.8) is 0 Å². The fourth-order valence-corrected chi connectivity index (χ4v) is 1.71. The van der Waals surface area contributed by atoms with Crippen molar-refractivity contribution in [1.82, 2.24) is 0 Å². The Kier molecular flexibility index (Phi) is 3.71. The third kappa shape index (κ3) is 3.25. The number of nitrogens with two attached hydrogens (primary N) is 1. The molecule has 1 amide bonds. The minimum Gasteiger partial charge on any atom is -0.508 e. The van der Waals surface area contributed by atoms with Gasteiger partial charge in [-0.3, -0.25) is 4.79 Å². The van der Waals surface area contributed by atoms with Gasteiger partial charge in [-0.25, -0.2) is 0 Å². The van der Waals surface area contributed by atoms with E-state index in [4.69, 9.17) is 15.6 Å². The number of aryl methyl sites for hydroxylation is 1. The Morgan fingerprint density at radius 3 is 2.47 bits per heavy atom. The second kappa shape index (κ2) is 5.44. The molecule has 4 heteroatoms. The van der Waals surface area contributed by atoms with E-state index in [0.717, 1.165) is 11.1 Å². The van der Waals surface area contributed by atoms with Crippen LogP contribution < -0.4 is 10.5 Å². The van der Waals surface area contributed by atoms with Crippen LogP contribution in [0.25, 0.3) is 0 Å². The number of aromatic hydroxyl groups is 1. The number of phenols is 1. The van der Waals surface area contributed by atoms with Gasteiger partial charge in [0, 0.05) is 5.56 Å². The maximum absolute atomic E-state index is 11.0. The highest BCUT2D eigenvalue weighted by molar-refractivity contribution is 5.93. The van der Waals surface area contributed by atoms with Crippen molar-refractivity contribution >= 4 is 5.91 Å². The quantitative estimate of drug-likeness (QED) is 0.883. The molecule has 0 aliphatic carbocycles. The van der Waals surface area contributed by atoms with Crippen molar-refractivity contribution in [2.75, 3.05) is 0 Å². The zero-order valence-electron chi connectivity index (χ0n) is 10.6. The third-order valence-electron chi connectivity index (χ3n) is 2.86. The lowest BCUT2D eigenvalue weighted by Crippen LogP contribution is -2.11. The molecular formula is C15H15NO3. The molecule has 2 rings (SSSR count). The molecule has 0 atom stereocenters. The van der Waals surface area contributed by atoms with Gasteiger partial charge in [0.2, 0.25) is 5.91 Å². The molecule has 3 N–H and O–H groups in total. The number of rotatable bonds is 4. The largest absolute Gasteiger partial charge is 0.508 e. The first-order chi connectivity index (χ1) is 9.06. The van der Waals surface area contributed by atoms with E-state index in [1.807, 2.05) is 13.0 Å². The molecule has 0 radical (unpaired) electrons. The Bertz CT molecular complexity index is 591. The van der Waals surface area contributed by atoms with Gasteiger partial charge in [-0.1, -0.05) is 6.07 Å². The fourth-order valence-electron chi connectivity index (χ4n) is 1.71. The van der Waals surface area contributed by atoms with Crippen LogP contribution in [0.5, 0.6) is 11.5 Å². The van der Waals surface area contributed by atoms with Gasteiger partial charge in [0.25, 0.3) is 0 Å². The summed E-state index contributed by atoms with van der Waals surface area (Å²) < 4.78 is 5.60. The first-order valence-electron chi connectivity index (χ1n) is 5.87. The maximum Gasteiger partial charge on any atom is 0.248 e. The molecule has 0 spiro atoms. The van der Waals surface area contributed by atoms with Gasteiger partial charge in [0.15, 0.2) is 0 Å². The molecule has 2 aromatic rings. The number of benzene rings is 2. The van der Waals surface area contributed by atoms with E-state index in [0.29, 0.717) is 17.9 Å². The minimum atomic E-state index is -0.436. The summed E-state index contributed by atoms with van der Waals surface area (Å²) in [6.45, 7) is 2.30. The Morgan fingerprint density at radius 1 is 1.21 bits per heavy atom. The topological polar surface area (TPSA) is 72.6 Å². The van der Waals surface area contributed by atoms with Gasteiger partial charge in [0.1, 0.15) is 18.1 Å². The lowest BCUT2D eigenvalue weighted by Gasteiger charge is -2.09. The number of primary amides is 1. The molecule has 19 heavy (non-hydrogen) atoms. The molecule has 0 bridgehead atoms. The van der Waals surface area contributed by atoms with Crippen molar-refractivity contribution in [3.05, 3.63) is 59.2 Å². The summed E-state index contributed by atoms with van der Waals surface area (Å²) in [5, 5.41) is 9.17. The number of amides is 1. The molecule has 0 aliphatic heterocycles. The highest BCUT2D eigenvalue weighted by Crippen LogP contribution is 2.18. The number of ether oxygens (including phenoxy) is 1. The van der Waals surface area contributed by atoms with Crippen molar-refractivity contribution in [1.29, 1.82) is 0 Å². The van der Waals surface area contributed by atoms with Crippen LogP contribution in [0.1, 0.15) is 21.5 Å². The summed E-state index contributed by atoms with van der Waals surface area (Å²) >= 11 is 0. The number of phenolic OH excluding ortho intramolecular Hbond substituents is 1. The van der Waals surface area contributed by atoms with E-state index in [-0.39, 0.29) is 5.75 Å². The van der Waals surface area contributed by atoms with E-state index in [1.54, 1.807) is 36.4 Å². The summed E-state index contributed by atoms with van der Waals surface area (Å²) in [5.74, 6) is 0.444. The van der Waals surface area contributed by atoms with Crippen LogP contribution in [0.15, 0.2) is 42.5 Å². The molecule has 0 aliphatic rings. The van der Waals surface area contributed by atoms with E-state index in [9.17, 15) is 4.79 Å². The predicted molar refractivity (Wildman–Crippen MR) is 72.1 cm³/mol. The van der Waals surface area contributed by atoms with Crippen molar-refractivity contribution in [2.45, 2.75) is 13.5 Å². The summed E-state index contributed by atoms with van der Waals surface area (Å²) in [6.07, 6.45) is 0. The first kappa shape index (κ1) is 13.0. The van der Waals surface area contributed by atoms with E-state index < -0.39 is 5.91 Å². The van der Waals surface area contributed by atoms with Gasteiger partial charge >= 0.3 is 0 Å². The summed E-state index contributed by atoms with van der Waals surface area (Å²) in [6, 6.07) is 11.8. The summed E-state index contributed by atoms with van der Waals surface area (Å²) in [5.41, 5.74) is 7.65. The predicted octanol–water partition coefficient (Wildman–Crippen LogP) is 2.38. The van der Waals surface area contributed by atoms with Gasteiger partial charge in [-0.05, 0) is 54.4 Å². The lowest BCUT2D eigenvalue weighted by molar-refractivity contribution is 0.1000. The molecule has 0 saturated carbocycles. The zero-order chi connectivity index (χ0) is 13.8. The minimum absolute atomic E-state index is 0.203. The molecule has 0 unspecified atom stereocenters. The zero-order valence-corrected chi connectivity index (χ0v) is 10.6. The third-order valence-corrected chi connectivity index (χ3v) is 2.86. The van der Waals surface area contributed by atoms with Gasteiger partial charge in [-0.2, -0.15) is 0 Å². The smallest absolute Gasteiger partial charge is 0.248 e. The van der Waals surface area contributed by atoms with Crippen molar-refractivity contribution in [2.24, 2.45) is 5.73 Å². The van der Waals surface area contributed by atoms with Crippen LogP contribution in [0.4, 0.5) is 0 Å². The van der Waals surface area contributed by atoms with Crippen LogP contribution in [-0.4, -0.2) is 11.0 Å². The van der Waals surface area contributed by atoms with Gasteiger partial charge in [0.05, 0.1) is 0 Å². The second-order valence-electron chi connectivity index (χ2n) is 4.29. The number of hydrogen-bond acceptors (Lipinski definition) is 3. The molecule has 0 saturated heterocycles. The SMILES string of the molecule is Cc1cc(C(N)=O)ccc1COc1ccc(O)cc1. The van der Waals surface area contributed by atoms with Crippen LogP contribution in [0.3, 0.4) is 0 Å². The first-order valence-corrected chi connectivity index (χ1v) is 5.87. The standard InChI is InChI=1S/C15H15NO3/c1-10-8-11(15(16)18)2-3-12(10)9-19-14-6-4-13(17)5-7-14/h2-8,17H,9H2,1H3,(H2,16,18).